The first-order valence-electron chi connectivity index (χ1n) is 3.77. The molecule has 1 aromatic heterocycles. The van der Waals surface area contributed by atoms with Gasteiger partial charge in [-0.1, -0.05) is 12.1 Å². The van der Waals surface area contributed by atoms with Gasteiger partial charge >= 0.3 is 6.98 Å². The predicted molar refractivity (Wildman–Crippen MR) is 47.1 cm³/mol. The summed E-state index contributed by atoms with van der Waals surface area (Å²) in [5.74, 6) is 0.142. The van der Waals surface area contributed by atoms with Gasteiger partial charge < -0.3 is 12.9 Å². The molecule has 1 rings (SSSR count). The Labute approximate surface area is 78.8 Å². The van der Waals surface area contributed by atoms with Gasteiger partial charge in [-0.3, -0.25) is 0 Å². The van der Waals surface area contributed by atoms with Crippen molar-refractivity contribution in [3.8, 4) is 6.07 Å². The third-order valence-electron chi connectivity index (χ3n) is 1.37. The molecule has 1 aromatic rings. The van der Waals surface area contributed by atoms with E-state index in [1.165, 1.54) is 18.2 Å². The lowest BCUT2D eigenvalue weighted by Crippen LogP contribution is -2.09. The quantitative estimate of drug-likeness (QED) is 0.682. The number of nitrogens with zero attached hydrogens (tertiary/aromatic N) is 2. The molecule has 0 saturated carbocycles. The highest BCUT2D eigenvalue weighted by atomic mass is 19.4. The number of nitriles is 1. The molecule has 72 valence electrons. The maximum absolute atomic E-state index is 11.8. The highest BCUT2D eigenvalue weighted by Gasteiger charge is 2.17. The summed E-state index contributed by atoms with van der Waals surface area (Å²) in [5, 5.41) is 8.44. The maximum Gasteiger partial charge on any atom is 0.502 e. The van der Waals surface area contributed by atoms with Gasteiger partial charge in [0, 0.05) is 0 Å². The third kappa shape index (κ3) is 3.31. The summed E-state index contributed by atoms with van der Waals surface area (Å²) in [6.07, 6.45) is 0.848. The Morgan fingerprint density at radius 3 is 2.64 bits per heavy atom. The van der Waals surface area contributed by atoms with Gasteiger partial charge in [0.25, 0.3) is 0 Å². The average Bonchev–Trinajstić information content (AvgIpc) is 2.14. The number of hydrogen-bond donors (Lipinski definition) is 0. The van der Waals surface area contributed by atoms with Gasteiger partial charge in [-0.15, -0.1) is 5.98 Å². The number of rotatable bonds is 2. The van der Waals surface area contributed by atoms with Gasteiger partial charge in [-0.25, -0.2) is 4.98 Å². The zero-order chi connectivity index (χ0) is 10.6. The Morgan fingerprint density at radius 1 is 1.36 bits per heavy atom. The summed E-state index contributed by atoms with van der Waals surface area (Å²) in [5.41, 5.74) is 0.227. The fourth-order valence-corrected chi connectivity index (χ4v) is 0.814. The lowest BCUT2D eigenvalue weighted by molar-refractivity contribution is 0.499. The van der Waals surface area contributed by atoms with E-state index >= 15 is 0 Å². The first kappa shape index (κ1) is 10.3. The second kappa shape index (κ2) is 3.96. The summed E-state index contributed by atoms with van der Waals surface area (Å²) >= 11 is 0. The topological polar surface area (TPSA) is 36.7 Å². The standard InChI is InChI=1S/C8H5BF3N2/c10-9(11,12)5-4-7-2-1-3-8(6-13)14-7/h1-5H/q-1/b5-4+. The molecule has 0 fully saturated rings. The van der Waals surface area contributed by atoms with Crippen LogP contribution in [0.5, 0.6) is 0 Å². The van der Waals surface area contributed by atoms with E-state index in [0.29, 0.717) is 0 Å². The van der Waals surface area contributed by atoms with Crippen LogP contribution in [0.2, 0.25) is 0 Å². The van der Waals surface area contributed by atoms with E-state index < -0.39 is 6.98 Å². The zero-order valence-electron chi connectivity index (χ0n) is 6.99. The van der Waals surface area contributed by atoms with Crippen molar-refractivity contribution in [2.24, 2.45) is 0 Å². The van der Waals surface area contributed by atoms with Crippen LogP contribution in [-0.4, -0.2) is 12.0 Å². The molecule has 0 aliphatic heterocycles. The smallest absolute Gasteiger partial charge is 0.445 e. The minimum Gasteiger partial charge on any atom is -0.445 e. The van der Waals surface area contributed by atoms with E-state index in [0.717, 1.165) is 6.08 Å². The van der Waals surface area contributed by atoms with Crippen LogP contribution in [0.3, 0.4) is 0 Å². The summed E-state index contributed by atoms with van der Waals surface area (Å²) in [4.78, 5) is 3.66. The van der Waals surface area contributed by atoms with Crippen molar-refractivity contribution < 1.29 is 12.9 Å². The Balaban J connectivity index is 2.89. The number of pyridine rings is 1. The van der Waals surface area contributed by atoms with Gasteiger partial charge in [-0.05, 0) is 12.1 Å². The molecule has 14 heavy (non-hydrogen) atoms. The van der Waals surface area contributed by atoms with Crippen LogP contribution >= 0.6 is 0 Å². The van der Waals surface area contributed by atoms with E-state index in [-0.39, 0.29) is 17.4 Å². The van der Waals surface area contributed by atoms with Crippen LogP contribution in [0.25, 0.3) is 6.08 Å². The van der Waals surface area contributed by atoms with E-state index in [1.54, 1.807) is 6.07 Å². The summed E-state index contributed by atoms with van der Waals surface area (Å²) < 4.78 is 35.4. The highest BCUT2D eigenvalue weighted by molar-refractivity contribution is 6.64. The van der Waals surface area contributed by atoms with Crippen LogP contribution in [-0.2, 0) is 0 Å². The lowest BCUT2D eigenvalue weighted by atomic mass is 9.91. The van der Waals surface area contributed by atoms with Crippen molar-refractivity contribution in [3.63, 3.8) is 0 Å². The van der Waals surface area contributed by atoms with Gasteiger partial charge in [0.15, 0.2) is 0 Å². The fraction of sp³-hybridized carbons (Fsp3) is 0. The van der Waals surface area contributed by atoms with Gasteiger partial charge in [-0.2, -0.15) is 5.26 Å². The second-order valence-corrected chi connectivity index (χ2v) is 2.54. The van der Waals surface area contributed by atoms with Gasteiger partial charge in [0.1, 0.15) is 11.8 Å². The van der Waals surface area contributed by atoms with Crippen molar-refractivity contribution in [2.75, 3.05) is 0 Å². The summed E-state index contributed by atoms with van der Waals surface area (Å²) in [7, 11) is 0. The van der Waals surface area contributed by atoms with E-state index in [9.17, 15) is 12.9 Å². The molecule has 2 nitrogen and oxygen atoms in total. The highest BCUT2D eigenvalue weighted by Crippen LogP contribution is 2.11. The van der Waals surface area contributed by atoms with Crippen molar-refractivity contribution in [2.45, 2.75) is 0 Å². The van der Waals surface area contributed by atoms with Gasteiger partial charge in [0.05, 0.1) is 5.69 Å². The van der Waals surface area contributed by atoms with E-state index in [2.05, 4.69) is 4.98 Å². The Kier molecular flexibility index (Phi) is 2.92. The average molecular weight is 197 g/mol. The van der Waals surface area contributed by atoms with Crippen molar-refractivity contribution in [1.29, 1.82) is 5.26 Å². The largest absolute Gasteiger partial charge is 0.502 e. The molecule has 0 saturated heterocycles. The Morgan fingerprint density at radius 2 is 2.07 bits per heavy atom. The van der Waals surface area contributed by atoms with E-state index in [4.69, 9.17) is 5.26 Å². The third-order valence-corrected chi connectivity index (χ3v) is 1.37. The summed E-state index contributed by atoms with van der Waals surface area (Å²) in [6.45, 7) is -4.95. The van der Waals surface area contributed by atoms with Crippen LogP contribution in [0.4, 0.5) is 12.9 Å². The number of halogens is 3. The monoisotopic (exact) mass is 197 g/mol. The minimum atomic E-state index is -4.95. The predicted octanol–water partition coefficient (Wildman–Crippen LogP) is 2.35. The lowest BCUT2D eigenvalue weighted by Gasteiger charge is -2.05. The second-order valence-electron chi connectivity index (χ2n) is 2.54. The van der Waals surface area contributed by atoms with Crippen molar-refractivity contribution in [3.05, 3.63) is 35.6 Å². The molecule has 0 bridgehead atoms. The molecule has 6 heteroatoms. The SMILES string of the molecule is N#Cc1cccc(/C=C/[B-](F)(F)F)n1. The van der Waals surface area contributed by atoms with Crippen LogP contribution in [0, 0.1) is 11.3 Å². The van der Waals surface area contributed by atoms with Crippen molar-refractivity contribution >= 4 is 13.1 Å². The van der Waals surface area contributed by atoms with E-state index in [1.807, 2.05) is 0 Å². The van der Waals surface area contributed by atoms with Crippen LogP contribution in [0.15, 0.2) is 24.2 Å². The molecule has 0 aliphatic rings. The molecule has 0 amide bonds. The van der Waals surface area contributed by atoms with Crippen LogP contribution in [0.1, 0.15) is 11.4 Å². The molecule has 0 spiro atoms. The molecule has 0 radical (unpaired) electrons. The first-order valence-corrected chi connectivity index (χ1v) is 3.77. The zero-order valence-corrected chi connectivity index (χ0v) is 6.99. The molecule has 0 unspecified atom stereocenters. The Bertz CT molecular complexity index is 392. The molecule has 0 aromatic carbocycles. The molecule has 0 aliphatic carbocycles. The summed E-state index contributed by atoms with van der Waals surface area (Å²) in [6, 6.07) is 6.05. The Hall–Kier alpha value is -1.77. The van der Waals surface area contributed by atoms with Crippen LogP contribution < -0.4 is 0 Å². The normalized spacial score (nSPS) is 11.6. The maximum atomic E-state index is 11.8. The molecular formula is C8H5BF3N2-. The molecule has 0 atom stereocenters. The fourth-order valence-electron chi connectivity index (χ4n) is 0.814. The van der Waals surface area contributed by atoms with Crippen molar-refractivity contribution in [1.82, 2.24) is 4.98 Å². The number of aromatic nitrogens is 1. The molecule has 0 N–H and O–H groups in total. The number of hydrogen-bond acceptors (Lipinski definition) is 2. The molecular weight excluding hydrogens is 192 g/mol. The first-order chi connectivity index (χ1) is 6.51. The minimum absolute atomic E-state index is 0.0989. The van der Waals surface area contributed by atoms with Gasteiger partial charge in [0.2, 0.25) is 0 Å². The molecule has 1 heterocycles.